The van der Waals surface area contributed by atoms with Gasteiger partial charge in [-0.15, -0.1) is 0 Å². The predicted octanol–water partition coefficient (Wildman–Crippen LogP) is 0.822. The van der Waals surface area contributed by atoms with E-state index >= 15 is 0 Å². The van der Waals surface area contributed by atoms with E-state index in [2.05, 4.69) is 10.3 Å². The Hall–Kier alpha value is -1.65. The lowest BCUT2D eigenvalue weighted by Gasteiger charge is -2.38. The summed E-state index contributed by atoms with van der Waals surface area (Å²) in [6.45, 7) is 0.795. The van der Waals surface area contributed by atoms with Crippen LogP contribution in [0.15, 0.2) is 35.3 Å². The number of aliphatic hydroxyl groups is 2. The molecule has 9 heteroatoms. The number of ether oxygens (including phenoxy) is 2. The molecule has 2 aliphatic heterocycles. The smallest absolute Gasteiger partial charge is 0.404 e. The average molecular weight is 382 g/mol. The van der Waals surface area contributed by atoms with Gasteiger partial charge in [-0.05, 0) is 5.56 Å². The van der Waals surface area contributed by atoms with Gasteiger partial charge in [-0.1, -0.05) is 42.1 Å². The highest BCUT2D eigenvalue weighted by Gasteiger charge is 2.47. The molecule has 0 radical (unpaired) electrons. The van der Waals surface area contributed by atoms with Gasteiger partial charge >= 0.3 is 6.09 Å². The fraction of sp³-hybridized carbons (Fsp3) is 0.529. The molecule has 0 aliphatic carbocycles. The van der Waals surface area contributed by atoms with Crippen LogP contribution in [-0.4, -0.2) is 69.4 Å². The third kappa shape index (κ3) is 4.74. The molecular weight excluding hydrogens is 360 g/mol. The standard InChI is InChI=1S/C17H22N2O6S/c20-14-11(9-24-8-10-4-2-1-3-5-10)25-16-13(15(14)21)19-12(26-16)6-7-18-17(22)23/h1-5,11,13-16,18,20-21H,6-9H2,(H,22,23)/t11-,13-,14-,15-,16-/m1/s1. The van der Waals surface area contributed by atoms with Crippen molar-refractivity contribution in [1.82, 2.24) is 5.32 Å². The highest BCUT2D eigenvalue weighted by Crippen LogP contribution is 2.37. The molecule has 1 amide bonds. The molecule has 2 aliphatic rings. The molecule has 1 aromatic rings. The predicted molar refractivity (Wildman–Crippen MR) is 96.2 cm³/mol. The SMILES string of the molecule is O=C(O)NCCC1=N[C@@H]2[C@@H](O)[C@H](O)[C@@H](COCc3ccccc3)O[C@@H]2S1. The number of carbonyl (C=O) groups is 1. The zero-order chi connectivity index (χ0) is 18.5. The maximum Gasteiger partial charge on any atom is 0.404 e. The van der Waals surface area contributed by atoms with Crippen LogP contribution in [0.5, 0.6) is 0 Å². The first kappa shape index (κ1) is 19.1. The first-order chi connectivity index (χ1) is 12.5. The third-order valence-electron chi connectivity index (χ3n) is 4.22. The number of nitrogens with one attached hydrogen (secondary N) is 1. The van der Waals surface area contributed by atoms with Crippen molar-refractivity contribution in [2.24, 2.45) is 4.99 Å². The van der Waals surface area contributed by atoms with Crippen LogP contribution < -0.4 is 5.32 Å². The van der Waals surface area contributed by atoms with Crippen molar-refractivity contribution < 1.29 is 29.6 Å². The molecule has 1 saturated heterocycles. The van der Waals surface area contributed by atoms with Gasteiger partial charge in [-0.3, -0.25) is 4.99 Å². The molecule has 1 fully saturated rings. The van der Waals surface area contributed by atoms with E-state index in [4.69, 9.17) is 14.6 Å². The number of fused-ring (bicyclic) bond motifs is 1. The molecule has 1 aromatic carbocycles. The van der Waals surface area contributed by atoms with Crippen LogP contribution in [0, 0.1) is 0 Å². The first-order valence-electron chi connectivity index (χ1n) is 8.38. The maximum absolute atomic E-state index is 10.5. The van der Waals surface area contributed by atoms with E-state index < -0.39 is 35.9 Å². The lowest BCUT2D eigenvalue weighted by Crippen LogP contribution is -2.56. The summed E-state index contributed by atoms with van der Waals surface area (Å²) in [5.41, 5.74) is 0.613. The fourth-order valence-corrected chi connectivity index (χ4v) is 4.12. The Labute approximate surface area is 155 Å². The molecule has 142 valence electrons. The Morgan fingerprint density at radius 1 is 1.27 bits per heavy atom. The van der Waals surface area contributed by atoms with Crippen LogP contribution in [0.25, 0.3) is 0 Å². The van der Waals surface area contributed by atoms with Crippen molar-refractivity contribution in [3.05, 3.63) is 35.9 Å². The number of aliphatic imine (C=N–C) groups is 1. The van der Waals surface area contributed by atoms with Gasteiger partial charge in [-0.2, -0.15) is 0 Å². The number of amides is 1. The molecule has 8 nitrogen and oxygen atoms in total. The molecule has 3 rings (SSSR count). The minimum Gasteiger partial charge on any atom is -0.465 e. The summed E-state index contributed by atoms with van der Waals surface area (Å²) in [7, 11) is 0. The Morgan fingerprint density at radius 3 is 2.77 bits per heavy atom. The zero-order valence-corrected chi connectivity index (χ0v) is 14.8. The lowest BCUT2D eigenvalue weighted by atomic mass is 9.98. The maximum atomic E-state index is 10.5. The fourth-order valence-electron chi connectivity index (χ4n) is 2.89. The first-order valence-corrected chi connectivity index (χ1v) is 9.26. The molecular formula is C17H22N2O6S. The van der Waals surface area contributed by atoms with E-state index in [0.717, 1.165) is 5.56 Å². The highest BCUT2D eigenvalue weighted by molar-refractivity contribution is 8.14. The second-order valence-electron chi connectivity index (χ2n) is 6.14. The summed E-state index contributed by atoms with van der Waals surface area (Å²) in [6, 6.07) is 9.11. The van der Waals surface area contributed by atoms with E-state index in [1.807, 2.05) is 30.3 Å². The molecule has 0 aromatic heterocycles. The number of thioether (sulfide) groups is 1. The summed E-state index contributed by atoms with van der Waals surface area (Å²) in [4.78, 5) is 14.9. The molecule has 0 bridgehead atoms. The monoisotopic (exact) mass is 382 g/mol. The zero-order valence-electron chi connectivity index (χ0n) is 14.0. The number of carboxylic acid groups (broad SMARTS) is 1. The molecule has 0 spiro atoms. The van der Waals surface area contributed by atoms with Crippen LogP contribution >= 0.6 is 11.8 Å². The molecule has 5 atom stereocenters. The molecule has 4 N–H and O–H groups in total. The molecule has 2 heterocycles. The van der Waals surface area contributed by atoms with Gasteiger partial charge in [0.2, 0.25) is 0 Å². The van der Waals surface area contributed by atoms with Crippen LogP contribution in [0.2, 0.25) is 0 Å². The minimum atomic E-state index is -1.09. The largest absolute Gasteiger partial charge is 0.465 e. The average Bonchev–Trinajstić information content (AvgIpc) is 3.03. The van der Waals surface area contributed by atoms with E-state index in [-0.39, 0.29) is 13.2 Å². The van der Waals surface area contributed by atoms with Gasteiger partial charge in [0, 0.05) is 13.0 Å². The number of rotatable bonds is 7. The molecule has 0 saturated carbocycles. The normalized spacial score (nSPS) is 30.5. The van der Waals surface area contributed by atoms with Crippen molar-refractivity contribution in [2.75, 3.05) is 13.2 Å². The van der Waals surface area contributed by atoms with E-state index in [0.29, 0.717) is 18.1 Å². The van der Waals surface area contributed by atoms with Crippen LogP contribution in [0.3, 0.4) is 0 Å². The van der Waals surface area contributed by atoms with E-state index in [1.54, 1.807) is 0 Å². The van der Waals surface area contributed by atoms with Crippen LogP contribution in [0.4, 0.5) is 4.79 Å². The Bertz CT molecular complexity index is 643. The van der Waals surface area contributed by atoms with Gasteiger partial charge in [0.05, 0.1) is 18.3 Å². The summed E-state index contributed by atoms with van der Waals surface area (Å²) in [5.74, 6) is 0. The molecule has 0 unspecified atom stereocenters. The summed E-state index contributed by atoms with van der Waals surface area (Å²) in [6.07, 6.45) is -3.45. The Kier molecular flexibility index (Phi) is 6.49. The quantitative estimate of drug-likeness (QED) is 0.551. The van der Waals surface area contributed by atoms with Gasteiger partial charge < -0.3 is 30.1 Å². The van der Waals surface area contributed by atoms with Crippen LogP contribution in [0.1, 0.15) is 12.0 Å². The summed E-state index contributed by atoms with van der Waals surface area (Å²) < 4.78 is 11.5. The van der Waals surface area contributed by atoms with Gasteiger partial charge in [0.1, 0.15) is 29.8 Å². The van der Waals surface area contributed by atoms with Crippen molar-refractivity contribution in [1.29, 1.82) is 0 Å². The number of benzene rings is 1. The third-order valence-corrected chi connectivity index (χ3v) is 5.43. The van der Waals surface area contributed by atoms with E-state index in [1.165, 1.54) is 11.8 Å². The Balaban J connectivity index is 1.50. The van der Waals surface area contributed by atoms with Gasteiger partial charge in [-0.25, -0.2) is 4.79 Å². The van der Waals surface area contributed by atoms with Crippen molar-refractivity contribution in [3.8, 4) is 0 Å². The molecule has 26 heavy (non-hydrogen) atoms. The Morgan fingerprint density at radius 2 is 2.04 bits per heavy atom. The minimum absolute atomic E-state index is 0.160. The van der Waals surface area contributed by atoms with Crippen LogP contribution in [-0.2, 0) is 16.1 Å². The van der Waals surface area contributed by atoms with E-state index in [9.17, 15) is 15.0 Å². The summed E-state index contributed by atoms with van der Waals surface area (Å²) in [5, 5.41) is 32.2. The lowest BCUT2D eigenvalue weighted by molar-refractivity contribution is -0.171. The number of nitrogens with zero attached hydrogens (tertiary/aromatic N) is 1. The second-order valence-corrected chi connectivity index (χ2v) is 7.31. The number of aliphatic hydroxyl groups excluding tert-OH is 2. The van der Waals surface area contributed by atoms with Crippen molar-refractivity contribution in [3.63, 3.8) is 0 Å². The highest BCUT2D eigenvalue weighted by atomic mass is 32.2. The van der Waals surface area contributed by atoms with Gasteiger partial charge in [0.15, 0.2) is 0 Å². The topological polar surface area (TPSA) is 121 Å². The number of hydrogen-bond donors (Lipinski definition) is 4. The summed E-state index contributed by atoms with van der Waals surface area (Å²) >= 11 is 1.35. The number of hydrogen-bond acceptors (Lipinski definition) is 7. The van der Waals surface area contributed by atoms with Crippen molar-refractivity contribution >= 4 is 22.9 Å². The second kappa shape index (κ2) is 8.83. The van der Waals surface area contributed by atoms with Gasteiger partial charge in [0.25, 0.3) is 0 Å². The van der Waals surface area contributed by atoms with Crippen molar-refractivity contribution in [2.45, 2.75) is 42.8 Å².